The van der Waals surface area contributed by atoms with Crippen molar-refractivity contribution in [1.29, 1.82) is 0 Å². The molecule has 1 nitrogen and oxygen atoms in total. The molecule has 0 N–H and O–H groups in total. The number of aryl methyl sites for hydroxylation is 2. The fourth-order valence-corrected chi connectivity index (χ4v) is 6.47. The average Bonchev–Trinajstić information content (AvgIpc) is 3.39. The Morgan fingerprint density at radius 2 is 1.09 bits per heavy atom. The van der Waals surface area contributed by atoms with Crippen molar-refractivity contribution >= 4 is 53.3 Å². The van der Waals surface area contributed by atoms with Crippen LogP contribution < -0.4 is 0 Å². The number of hydrogen-bond donors (Lipinski definition) is 0. The van der Waals surface area contributed by atoms with E-state index in [9.17, 15) is 0 Å². The highest BCUT2D eigenvalue weighted by molar-refractivity contribution is 7.25. The van der Waals surface area contributed by atoms with Crippen molar-refractivity contribution in [2.75, 3.05) is 0 Å². The second-order valence-electron chi connectivity index (χ2n) is 9.64. The minimum absolute atomic E-state index is 0.870. The van der Waals surface area contributed by atoms with Crippen LogP contribution >= 0.6 is 11.3 Å². The largest absolute Gasteiger partial charge is 0.336 e. The summed E-state index contributed by atoms with van der Waals surface area (Å²) in [5, 5.41) is 5.37. The summed E-state index contributed by atoms with van der Waals surface area (Å²) in [7, 11) is 0. The fourth-order valence-electron chi connectivity index (χ4n) is 5.40. The normalized spacial score (nSPS) is 11.8. The minimum atomic E-state index is 0.870. The molecule has 0 bridgehead atoms. The van der Waals surface area contributed by atoms with Gasteiger partial charge in [-0.1, -0.05) is 65.7 Å². The molecule has 2 aromatic heterocycles. The zero-order valence-electron chi connectivity index (χ0n) is 19.9. The van der Waals surface area contributed by atoms with Crippen molar-refractivity contribution < 1.29 is 0 Å². The molecule has 7 aromatic rings. The maximum atomic E-state index is 2.46. The van der Waals surface area contributed by atoms with Gasteiger partial charge in [0.05, 0.1) is 0 Å². The third-order valence-electron chi connectivity index (χ3n) is 7.16. The third kappa shape index (κ3) is 3.37. The summed E-state index contributed by atoms with van der Waals surface area (Å²) in [6.07, 6.45) is 0. The number of thiophene rings is 1. The van der Waals surface area contributed by atoms with E-state index in [-0.39, 0.29) is 0 Å². The van der Waals surface area contributed by atoms with E-state index in [4.69, 9.17) is 0 Å². The Morgan fingerprint density at radius 1 is 0.543 bits per heavy atom. The van der Waals surface area contributed by atoms with Crippen LogP contribution in [-0.2, 0) is 6.54 Å². The Hall–Kier alpha value is -3.88. The molecular formula is C33H25NS. The summed E-state index contributed by atoms with van der Waals surface area (Å²) in [6, 6.07) is 38.3. The second kappa shape index (κ2) is 7.83. The Balaban J connectivity index is 1.43. The van der Waals surface area contributed by atoms with Crippen molar-refractivity contribution in [1.82, 2.24) is 4.57 Å². The van der Waals surface area contributed by atoms with Crippen LogP contribution in [0.1, 0.15) is 16.7 Å². The first-order valence-corrected chi connectivity index (χ1v) is 13.0. The van der Waals surface area contributed by atoms with Gasteiger partial charge < -0.3 is 4.57 Å². The maximum absolute atomic E-state index is 2.46. The van der Waals surface area contributed by atoms with Crippen molar-refractivity contribution in [2.24, 2.45) is 0 Å². The Morgan fingerprint density at radius 3 is 1.86 bits per heavy atom. The first kappa shape index (κ1) is 20.5. The lowest BCUT2D eigenvalue weighted by molar-refractivity contribution is 0.869. The summed E-state index contributed by atoms with van der Waals surface area (Å²) >= 11 is 1.88. The van der Waals surface area contributed by atoms with Crippen LogP contribution in [0.2, 0.25) is 0 Å². The zero-order valence-corrected chi connectivity index (χ0v) is 20.7. The second-order valence-corrected chi connectivity index (χ2v) is 10.7. The molecule has 0 spiro atoms. The first-order valence-electron chi connectivity index (χ1n) is 12.1. The molecule has 0 aliphatic rings. The van der Waals surface area contributed by atoms with E-state index in [2.05, 4.69) is 122 Å². The van der Waals surface area contributed by atoms with Gasteiger partial charge >= 0.3 is 0 Å². The SMILES string of the molecule is Cc1ccc2sc3ccc(-c4ccc5c(c4)c4cc(C)ccc4n5Cc4ccccc4)cc3c2c1. The molecule has 0 radical (unpaired) electrons. The highest BCUT2D eigenvalue weighted by Crippen LogP contribution is 2.38. The molecule has 0 atom stereocenters. The minimum Gasteiger partial charge on any atom is -0.336 e. The predicted octanol–water partition coefficient (Wildman–Crippen LogP) is 9.49. The van der Waals surface area contributed by atoms with Gasteiger partial charge in [0.2, 0.25) is 0 Å². The van der Waals surface area contributed by atoms with E-state index in [0.717, 1.165) is 6.54 Å². The van der Waals surface area contributed by atoms with Gasteiger partial charge in [0, 0.05) is 48.5 Å². The monoisotopic (exact) mass is 467 g/mol. The molecule has 0 aliphatic carbocycles. The van der Waals surface area contributed by atoms with Gasteiger partial charge in [-0.15, -0.1) is 11.3 Å². The topological polar surface area (TPSA) is 4.93 Å². The lowest BCUT2D eigenvalue weighted by Gasteiger charge is -2.09. The highest BCUT2D eigenvalue weighted by atomic mass is 32.1. The van der Waals surface area contributed by atoms with Crippen molar-refractivity contribution in [3.05, 3.63) is 120 Å². The van der Waals surface area contributed by atoms with E-state index in [1.54, 1.807) is 0 Å². The molecule has 0 unspecified atom stereocenters. The van der Waals surface area contributed by atoms with Crippen LogP contribution in [0.15, 0.2) is 103 Å². The molecule has 0 saturated carbocycles. The Bertz CT molecular complexity index is 1890. The zero-order chi connectivity index (χ0) is 23.5. The predicted molar refractivity (Wildman–Crippen MR) is 153 cm³/mol. The van der Waals surface area contributed by atoms with Gasteiger partial charge in [-0.05, 0) is 79.1 Å². The van der Waals surface area contributed by atoms with Gasteiger partial charge in [-0.25, -0.2) is 0 Å². The van der Waals surface area contributed by atoms with Gasteiger partial charge in [0.15, 0.2) is 0 Å². The van der Waals surface area contributed by atoms with Gasteiger partial charge in [0.1, 0.15) is 0 Å². The van der Waals surface area contributed by atoms with Crippen LogP contribution in [0, 0.1) is 13.8 Å². The number of rotatable bonds is 3. The molecular weight excluding hydrogens is 442 g/mol. The van der Waals surface area contributed by atoms with Crippen LogP contribution in [0.5, 0.6) is 0 Å². The summed E-state index contributed by atoms with van der Waals surface area (Å²) in [5.41, 5.74) is 9.05. The van der Waals surface area contributed by atoms with Gasteiger partial charge in [0.25, 0.3) is 0 Å². The maximum Gasteiger partial charge on any atom is 0.0494 e. The summed E-state index contributed by atoms with van der Waals surface area (Å²) in [5.74, 6) is 0. The molecule has 0 aliphatic heterocycles. The number of hydrogen-bond acceptors (Lipinski definition) is 1. The van der Waals surface area contributed by atoms with Crippen molar-refractivity contribution in [3.63, 3.8) is 0 Å². The molecule has 2 heterocycles. The molecule has 35 heavy (non-hydrogen) atoms. The smallest absolute Gasteiger partial charge is 0.0494 e. The van der Waals surface area contributed by atoms with E-state index < -0.39 is 0 Å². The fraction of sp³-hybridized carbons (Fsp3) is 0.0909. The molecule has 0 amide bonds. The number of fused-ring (bicyclic) bond motifs is 6. The molecule has 7 rings (SSSR count). The average molecular weight is 468 g/mol. The quantitative estimate of drug-likeness (QED) is 0.244. The summed E-state index contributed by atoms with van der Waals surface area (Å²) < 4.78 is 5.17. The standard InChI is InChI=1S/C33H25NS/c1-21-8-12-30-26(16-21)27-18-24(10-13-31(27)34(30)20-23-6-4-3-5-7-23)25-11-15-33-29(19-25)28-17-22(2)9-14-32(28)35-33/h3-19H,20H2,1-2H3. The van der Waals surface area contributed by atoms with E-state index in [1.807, 2.05) is 11.3 Å². The lowest BCUT2D eigenvalue weighted by atomic mass is 10.00. The third-order valence-corrected chi connectivity index (χ3v) is 8.31. The lowest BCUT2D eigenvalue weighted by Crippen LogP contribution is -1.99. The van der Waals surface area contributed by atoms with E-state index in [0.29, 0.717) is 0 Å². The Kier molecular flexibility index (Phi) is 4.58. The highest BCUT2D eigenvalue weighted by Gasteiger charge is 2.13. The van der Waals surface area contributed by atoms with Crippen LogP contribution in [0.25, 0.3) is 53.1 Å². The van der Waals surface area contributed by atoms with E-state index in [1.165, 1.54) is 69.8 Å². The van der Waals surface area contributed by atoms with Gasteiger partial charge in [-0.2, -0.15) is 0 Å². The first-order chi connectivity index (χ1) is 17.1. The number of benzene rings is 5. The Labute approximate surface area is 208 Å². The molecule has 0 saturated heterocycles. The summed E-state index contributed by atoms with van der Waals surface area (Å²) in [6.45, 7) is 5.23. The molecule has 2 heteroatoms. The van der Waals surface area contributed by atoms with Crippen molar-refractivity contribution in [2.45, 2.75) is 20.4 Å². The molecule has 5 aromatic carbocycles. The van der Waals surface area contributed by atoms with Crippen LogP contribution in [0.3, 0.4) is 0 Å². The number of aromatic nitrogens is 1. The molecule has 168 valence electrons. The van der Waals surface area contributed by atoms with Crippen LogP contribution in [0.4, 0.5) is 0 Å². The molecule has 0 fully saturated rings. The van der Waals surface area contributed by atoms with E-state index >= 15 is 0 Å². The van der Waals surface area contributed by atoms with Gasteiger partial charge in [-0.3, -0.25) is 0 Å². The van der Waals surface area contributed by atoms with Crippen molar-refractivity contribution in [3.8, 4) is 11.1 Å². The summed E-state index contributed by atoms with van der Waals surface area (Å²) in [4.78, 5) is 0. The van der Waals surface area contributed by atoms with Crippen LogP contribution in [-0.4, -0.2) is 4.57 Å². The number of nitrogens with zero attached hydrogens (tertiary/aromatic N) is 1.